The fourth-order valence-electron chi connectivity index (χ4n) is 2.09. The molecular weight excluding hydrogens is 278 g/mol. The Morgan fingerprint density at radius 2 is 1.57 bits per heavy atom. The van der Waals surface area contributed by atoms with Crippen molar-refractivity contribution in [3.05, 3.63) is 66.0 Å². The van der Waals surface area contributed by atoms with E-state index in [-0.39, 0.29) is 0 Å². The highest BCUT2D eigenvalue weighted by atomic mass is 32.2. The van der Waals surface area contributed by atoms with E-state index in [0.717, 1.165) is 16.7 Å². The summed E-state index contributed by atoms with van der Waals surface area (Å²) in [7, 11) is 2.00. The molecule has 3 rings (SSSR count). The molecule has 0 aliphatic heterocycles. The van der Waals surface area contributed by atoms with E-state index in [1.165, 1.54) is 16.7 Å². The van der Waals surface area contributed by atoms with Gasteiger partial charge in [-0.15, -0.1) is 10.2 Å². The van der Waals surface area contributed by atoms with Gasteiger partial charge in [0.2, 0.25) is 0 Å². The molecule has 0 N–H and O–H groups in total. The number of benzene rings is 2. The van der Waals surface area contributed by atoms with E-state index in [2.05, 4.69) is 58.7 Å². The summed E-state index contributed by atoms with van der Waals surface area (Å²) in [5.41, 5.74) is 3.79. The molecule has 0 aliphatic carbocycles. The maximum Gasteiger partial charge on any atom is 0.191 e. The van der Waals surface area contributed by atoms with Crippen LogP contribution in [0.15, 0.2) is 59.8 Å². The van der Waals surface area contributed by atoms with Crippen molar-refractivity contribution in [3.8, 4) is 11.1 Å². The van der Waals surface area contributed by atoms with Gasteiger partial charge in [0.1, 0.15) is 5.82 Å². The smallest absolute Gasteiger partial charge is 0.191 e. The van der Waals surface area contributed by atoms with Gasteiger partial charge in [0, 0.05) is 12.8 Å². The lowest BCUT2D eigenvalue weighted by Crippen LogP contribution is -1.93. The molecule has 1 heterocycles. The number of aromatic nitrogens is 3. The Labute approximate surface area is 129 Å². The van der Waals surface area contributed by atoms with Gasteiger partial charge in [-0.3, -0.25) is 0 Å². The minimum Gasteiger partial charge on any atom is -0.309 e. The molecular formula is C17H17N3S. The Morgan fingerprint density at radius 1 is 0.905 bits per heavy atom. The van der Waals surface area contributed by atoms with Crippen molar-refractivity contribution in [2.45, 2.75) is 17.8 Å². The number of rotatable bonds is 4. The highest BCUT2D eigenvalue weighted by molar-refractivity contribution is 7.98. The van der Waals surface area contributed by atoms with Gasteiger partial charge in [-0.1, -0.05) is 66.4 Å². The Kier molecular flexibility index (Phi) is 4.06. The van der Waals surface area contributed by atoms with Crippen LogP contribution in [-0.2, 0) is 12.8 Å². The Bertz CT molecular complexity index is 718. The lowest BCUT2D eigenvalue weighted by Gasteiger charge is -2.05. The van der Waals surface area contributed by atoms with Crippen LogP contribution in [0.5, 0.6) is 0 Å². The van der Waals surface area contributed by atoms with E-state index >= 15 is 0 Å². The molecule has 3 nitrogen and oxygen atoms in total. The van der Waals surface area contributed by atoms with Crippen molar-refractivity contribution in [2.75, 3.05) is 0 Å². The third-order valence-electron chi connectivity index (χ3n) is 3.48. The van der Waals surface area contributed by atoms with Gasteiger partial charge in [0.15, 0.2) is 5.16 Å². The topological polar surface area (TPSA) is 30.7 Å². The van der Waals surface area contributed by atoms with Gasteiger partial charge in [-0.05, 0) is 23.6 Å². The molecule has 0 bridgehead atoms. The second kappa shape index (κ2) is 6.14. The van der Waals surface area contributed by atoms with Crippen LogP contribution in [0.3, 0.4) is 0 Å². The molecule has 0 saturated heterocycles. The predicted molar refractivity (Wildman–Crippen MR) is 87.2 cm³/mol. The molecule has 106 valence electrons. The van der Waals surface area contributed by atoms with E-state index in [0.29, 0.717) is 0 Å². The van der Waals surface area contributed by atoms with Gasteiger partial charge in [-0.25, -0.2) is 0 Å². The van der Waals surface area contributed by atoms with E-state index < -0.39 is 0 Å². The van der Waals surface area contributed by atoms with E-state index in [4.69, 9.17) is 0 Å². The fourth-order valence-corrected chi connectivity index (χ4v) is 3.00. The standard InChI is InChI=1S/C17H17N3S/c1-13-18-19-17(20(13)2)21-12-14-8-10-16(11-9-14)15-6-4-3-5-7-15/h3-11H,12H2,1-2H3. The van der Waals surface area contributed by atoms with Crippen LogP contribution in [0.4, 0.5) is 0 Å². The van der Waals surface area contributed by atoms with Gasteiger partial charge < -0.3 is 4.57 Å². The average molecular weight is 295 g/mol. The molecule has 4 heteroatoms. The Hall–Kier alpha value is -2.07. The number of nitrogens with zero attached hydrogens (tertiary/aromatic N) is 3. The quantitative estimate of drug-likeness (QED) is 0.679. The zero-order valence-electron chi connectivity index (χ0n) is 12.2. The first-order chi connectivity index (χ1) is 10.2. The third kappa shape index (κ3) is 3.16. The number of thioether (sulfide) groups is 1. The molecule has 0 amide bonds. The summed E-state index contributed by atoms with van der Waals surface area (Å²) >= 11 is 1.71. The van der Waals surface area contributed by atoms with Crippen LogP contribution in [0.25, 0.3) is 11.1 Å². The van der Waals surface area contributed by atoms with Gasteiger partial charge >= 0.3 is 0 Å². The van der Waals surface area contributed by atoms with Crippen LogP contribution in [-0.4, -0.2) is 14.8 Å². The number of hydrogen-bond acceptors (Lipinski definition) is 3. The molecule has 0 fully saturated rings. The van der Waals surface area contributed by atoms with Gasteiger partial charge in [0.05, 0.1) is 0 Å². The van der Waals surface area contributed by atoms with Crippen molar-refractivity contribution in [3.63, 3.8) is 0 Å². The third-order valence-corrected chi connectivity index (χ3v) is 4.57. The minimum atomic E-state index is 0.904. The molecule has 2 aromatic carbocycles. The lowest BCUT2D eigenvalue weighted by atomic mass is 10.0. The maximum absolute atomic E-state index is 4.17. The normalized spacial score (nSPS) is 10.8. The first-order valence-corrected chi connectivity index (χ1v) is 7.86. The largest absolute Gasteiger partial charge is 0.309 e. The Balaban J connectivity index is 1.69. The highest BCUT2D eigenvalue weighted by Crippen LogP contribution is 2.24. The van der Waals surface area contributed by atoms with Crippen LogP contribution in [0.2, 0.25) is 0 Å². The summed E-state index contributed by atoms with van der Waals surface area (Å²) < 4.78 is 2.02. The molecule has 0 saturated carbocycles. The van der Waals surface area contributed by atoms with Crippen LogP contribution < -0.4 is 0 Å². The van der Waals surface area contributed by atoms with Gasteiger partial charge in [0.25, 0.3) is 0 Å². The Morgan fingerprint density at radius 3 is 2.19 bits per heavy atom. The highest BCUT2D eigenvalue weighted by Gasteiger charge is 2.05. The SMILES string of the molecule is Cc1nnc(SCc2ccc(-c3ccccc3)cc2)n1C. The zero-order valence-corrected chi connectivity index (χ0v) is 13.0. The summed E-state index contributed by atoms with van der Waals surface area (Å²) in [5.74, 6) is 1.85. The molecule has 1 aromatic heterocycles. The number of hydrogen-bond donors (Lipinski definition) is 0. The molecule has 0 atom stereocenters. The first kappa shape index (κ1) is 13.9. The summed E-state index contributed by atoms with van der Waals surface area (Å²) in [5, 5.41) is 9.20. The van der Waals surface area contributed by atoms with Crippen molar-refractivity contribution >= 4 is 11.8 Å². The van der Waals surface area contributed by atoms with Crippen molar-refractivity contribution in [1.29, 1.82) is 0 Å². The van der Waals surface area contributed by atoms with Crippen LogP contribution >= 0.6 is 11.8 Å². The predicted octanol–water partition coefficient (Wildman–Crippen LogP) is 4.08. The van der Waals surface area contributed by atoms with Crippen molar-refractivity contribution in [1.82, 2.24) is 14.8 Å². The lowest BCUT2D eigenvalue weighted by molar-refractivity contribution is 0.765. The molecule has 3 aromatic rings. The minimum absolute atomic E-state index is 0.904. The zero-order chi connectivity index (χ0) is 14.7. The summed E-state index contributed by atoms with van der Waals surface area (Å²) in [4.78, 5) is 0. The van der Waals surface area contributed by atoms with Crippen molar-refractivity contribution in [2.24, 2.45) is 7.05 Å². The molecule has 0 aliphatic rings. The summed E-state index contributed by atoms with van der Waals surface area (Å²) in [6.45, 7) is 1.96. The first-order valence-electron chi connectivity index (χ1n) is 6.87. The van der Waals surface area contributed by atoms with E-state index in [1.54, 1.807) is 11.8 Å². The van der Waals surface area contributed by atoms with Crippen LogP contribution in [0.1, 0.15) is 11.4 Å². The monoisotopic (exact) mass is 295 g/mol. The summed E-state index contributed by atoms with van der Waals surface area (Å²) in [6.07, 6.45) is 0. The van der Waals surface area contributed by atoms with Crippen molar-refractivity contribution < 1.29 is 0 Å². The average Bonchev–Trinajstić information content (AvgIpc) is 2.86. The van der Waals surface area contributed by atoms with E-state index in [9.17, 15) is 0 Å². The molecule has 0 unspecified atom stereocenters. The molecule has 0 radical (unpaired) electrons. The molecule has 21 heavy (non-hydrogen) atoms. The fraction of sp³-hybridized carbons (Fsp3) is 0.176. The van der Waals surface area contributed by atoms with Gasteiger partial charge in [-0.2, -0.15) is 0 Å². The second-order valence-corrected chi connectivity index (χ2v) is 5.88. The molecule has 0 spiro atoms. The second-order valence-electron chi connectivity index (χ2n) is 4.94. The van der Waals surface area contributed by atoms with E-state index in [1.807, 2.05) is 24.6 Å². The summed E-state index contributed by atoms with van der Waals surface area (Å²) in [6, 6.07) is 19.1. The van der Waals surface area contributed by atoms with Crippen LogP contribution in [0, 0.1) is 6.92 Å². The maximum atomic E-state index is 4.17. The number of aryl methyl sites for hydroxylation is 1.